The van der Waals surface area contributed by atoms with E-state index in [0.29, 0.717) is 34.1 Å². The van der Waals surface area contributed by atoms with Crippen LogP contribution in [-0.2, 0) is 4.74 Å². The van der Waals surface area contributed by atoms with Crippen molar-refractivity contribution >= 4 is 50.1 Å². The van der Waals surface area contributed by atoms with E-state index in [1.165, 1.54) is 0 Å². The molecule has 0 spiro atoms. The molecule has 2 amide bonds. The molecule has 1 N–H and O–H groups in total. The lowest BCUT2D eigenvalue weighted by molar-refractivity contribution is 0.0379. The van der Waals surface area contributed by atoms with E-state index in [1.807, 2.05) is 19.9 Å². The van der Waals surface area contributed by atoms with Gasteiger partial charge in [-0.25, -0.2) is 4.79 Å². The summed E-state index contributed by atoms with van der Waals surface area (Å²) in [6, 6.07) is 6.93. The van der Waals surface area contributed by atoms with Crippen LogP contribution in [0.5, 0.6) is 0 Å². The molecule has 0 atom stereocenters. The molecule has 6 nitrogen and oxygen atoms in total. The van der Waals surface area contributed by atoms with Gasteiger partial charge in [0.2, 0.25) is 0 Å². The number of rotatable bonds is 7. The molecule has 0 bridgehead atoms. The minimum Gasteiger partial charge on any atom is -0.459 e. The summed E-state index contributed by atoms with van der Waals surface area (Å²) in [5.74, 6) is -1.09. The van der Waals surface area contributed by atoms with Gasteiger partial charge in [0.25, 0.3) is 11.8 Å². The molecule has 29 heavy (non-hydrogen) atoms. The van der Waals surface area contributed by atoms with E-state index in [0.717, 1.165) is 15.8 Å². The number of amides is 2. The molecule has 0 saturated carbocycles. The van der Waals surface area contributed by atoms with E-state index in [4.69, 9.17) is 4.74 Å². The van der Waals surface area contributed by atoms with Crippen molar-refractivity contribution in [2.75, 3.05) is 18.4 Å². The Morgan fingerprint density at radius 2 is 1.86 bits per heavy atom. The van der Waals surface area contributed by atoms with Crippen molar-refractivity contribution in [3.8, 4) is 0 Å². The second-order valence-electron chi connectivity index (χ2n) is 6.66. The van der Waals surface area contributed by atoms with E-state index in [-0.39, 0.29) is 23.5 Å². The number of thiophene rings is 1. The molecule has 1 aromatic carbocycles. The first-order valence-corrected chi connectivity index (χ1v) is 11.0. The van der Waals surface area contributed by atoms with E-state index in [1.54, 1.807) is 43.9 Å². The van der Waals surface area contributed by atoms with Crippen molar-refractivity contribution in [1.82, 2.24) is 4.90 Å². The molecular weight excluding hydrogens is 456 g/mol. The van der Waals surface area contributed by atoms with Gasteiger partial charge < -0.3 is 15.0 Å². The smallest absolute Gasteiger partial charge is 0.341 e. The zero-order chi connectivity index (χ0) is 21.7. The zero-order valence-electron chi connectivity index (χ0n) is 17.2. The zero-order valence-corrected chi connectivity index (χ0v) is 19.6. The molecule has 156 valence electrons. The maximum Gasteiger partial charge on any atom is 0.341 e. The van der Waals surface area contributed by atoms with E-state index in [9.17, 15) is 14.4 Å². The second-order valence-corrected chi connectivity index (χ2v) is 8.59. The molecule has 8 heteroatoms. The minimum atomic E-state index is -0.558. The van der Waals surface area contributed by atoms with E-state index >= 15 is 0 Å². The summed E-state index contributed by atoms with van der Waals surface area (Å²) in [6.45, 7) is 10.1. The maximum atomic E-state index is 12.9. The predicted octanol–water partition coefficient (Wildman–Crippen LogP) is 5.12. The van der Waals surface area contributed by atoms with Gasteiger partial charge in [0.1, 0.15) is 5.00 Å². The number of anilines is 1. The molecular formula is C21H25BrN2O4S. The van der Waals surface area contributed by atoms with Gasteiger partial charge in [0.05, 0.1) is 16.5 Å². The topological polar surface area (TPSA) is 75.7 Å². The number of carbonyl (C=O) groups is 3. The first-order valence-electron chi connectivity index (χ1n) is 9.40. The summed E-state index contributed by atoms with van der Waals surface area (Å²) in [7, 11) is 0. The Balaban J connectivity index is 2.48. The summed E-state index contributed by atoms with van der Waals surface area (Å²) in [6.07, 6.45) is -0.322. The van der Waals surface area contributed by atoms with Crippen LogP contribution in [0.1, 0.15) is 63.6 Å². The Labute approximate surface area is 183 Å². The first-order chi connectivity index (χ1) is 13.7. The Bertz CT molecular complexity index is 919. The highest BCUT2D eigenvalue weighted by Crippen LogP contribution is 2.35. The van der Waals surface area contributed by atoms with Crippen molar-refractivity contribution in [2.24, 2.45) is 0 Å². The third-order valence-electron chi connectivity index (χ3n) is 4.25. The molecule has 1 heterocycles. The number of benzene rings is 1. The summed E-state index contributed by atoms with van der Waals surface area (Å²) in [4.78, 5) is 40.4. The van der Waals surface area contributed by atoms with Gasteiger partial charge in [-0.3, -0.25) is 9.59 Å². The van der Waals surface area contributed by atoms with Crippen LogP contribution in [0.15, 0.2) is 28.7 Å². The normalized spacial score (nSPS) is 10.7. The van der Waals surface area contributed by atoms with Crippen molar-refractivity contribution in [2.45, 2.75) is 40.7 Å². The Morgan fingerprint density at radius 3 is 2.41 bits per heavy atom. The van der Waals surface area contributed by atoms with Crippen LogP contribution in [0.2, 0.25) is 0 Å². The SMILES string of the molecule is CCN(CC)C(=O)c1sc(NC(=O)c2cccc(Br)c2)c(C(=O)OC(C)C)c1C. The lowest BCUT2D eigenvalue weighted by Gasteiger charge is -2.18. The number of hydrogen-bond acceptors (Lipinski definition) is 5. The average Bonchev–Trinajstić information content (AvgIpc) is 2.98. The van der Waals surface area contributed by atoms with Gasteiger partial charge in [-0.05, 0) is 58.4 Å². The van der Waals surface area contributed by atoms with Crippen molar-refractivity contribution < 1.29 is 19.1 Å². The van der Waals surface area contributed by atoms with Crippen LogP contribution in [0.3, 0.4) is 0 Å². The van der Waals surface area contributed by atoms with Crippen LogP contribution in [-0.4, -0.2) is 41.9 Å². The van der Waals surface area contributed by atoms with Gasteiger partial charge in [-0.15, -0.1) is 11.3 Å². The highest BCUT2D eigenvalue weighted by Gasteiger charge is 2.29. The fraction of sp³-hybridized carbons (Fsp3) is 0.381. The van der Waals surface area contributed by atoms with Crippen LogP contribution in [0, 0.1) is 6.92 Å². The highest BCUT2D eigenvalue weighted by atomic mass is 79.9. The molecule has 2 aromatic rings. The van der Waals surface area contributed by atoms with Crippen molar-refractivity contribution in [1.29, 1.82) is 0 Å². The molecule has 0 unspecified atom stereocenters. The molecule has 0 aliphatic carbocycles. The predicted molar refractivity (Wildman–Crippen MR) is 119 cm³/mol. The fourth-order valence-electron chi connectivity index (χ4n) is 2.78. The quantitative estimate of drug-likeness (QED) is 0.558. The van der Waals surface area contributed by atoms with Crippen molar-refractivity contribution in [3.05, 3.63) is 50.3 Å². The minimum absolute atomic E-state index is 0.168. The number of hydrogen-bond donors (Lipinski definition) is 1. The first kappa shape index (κ1) is 23.1. The molecule has 0 fully saturated rings. The van der Waals surface area contributed by atoms with Crippen LogP contribution in [0.25, 0.3) is 0 Å². The van der Waals surface area contributed by atoms with Gasteiger partial charge >= 0.3 is 5.97 Å². The van der Waals surface area contributed by atoms with E-state index < -0.39 is 5.97 Å². The Morgan fingerprint density at radius 1 is 1.21 bits per heavy atom. The number of carbonyl (C=O) groups excluding carboxylic acids is 3. The maximum absolute atomic E-state index is 12.9. The monoisotopic (exact) mass is 480 g/mol. The molecule has 0 radical (unpaired) electrons. The van der Waals surface area contributed by atoms with Gasteiger partial charge in [0.15, 0.2) is 0 Å². The Hall–Kier alpha value is -2.19. The number of nitrogens with one attached hydrogen (secondary N) is 1. The number of nitrogens with zero attached hydrogens (tertiary/aromatic N) is 1. The summed E-state index contributed by atoms with van der Waals surface area (Å²) >= 11 is 4.45. The average molecular weight is 481 g/mol. The lowest BCUT2D eigenvalue weighted by atomic mass is 10.1. The number of halogens is 1. The molecule has 0 aliphatic heterocycles. The fourth-order valence-corrected chi connectivity index (χ4v) is 4.34. The largest absolute Gasteiger partial charge is 0.459 e. The van der Waals surface area contributed by atoms with Gasteiger partial charge in [-0.1, -0.05) is 22.0 Å². The summed E-state index contributed by atoms with van der Waals surface area (Å²) in [5.41, 5.74) is 1.18. The molecule has 1 aromatic heterocycles. The molecule has 2 rings (SSSR count). The molecule has 0 aliphatic rings. The van der Waals surface area contributed by atoms with Crippen LogP contribution >= 0.6 is 27.3 Å². The van der Waals surface area contributed by atoms with E-state index in [2.05, 4.69) is 21.2 Å². The van der Waals surface area contributed by atoms with Crippen molar-refractivity contribution in [3.63, 3.8) is 0 Å². The van der Waals surface area contributed by atoms with Gasteiger partial charge in [-0.2, -0.15) is 0 Å². The standard InChI is InChI=1S/C21H25BrN2O4S/c1-6-24(7-2)20(26)17-13(5)16(21(27)28-12(3)4)19(29-17)23-18(25)14-9-8-10-15(22)11-14/h8-12H,6-7H2,1-5H3,(H,23,25). The van der Waals surface area contributed by atoms with Crippen LogP contribution < -0.4 is 5.32 Å². The number of ether oxygens (including phenoxy) is 1. The third kappa shape index (κ3) is 5.45. The summed E-state index contributed by atoms with van der Waals surface area (Å²) < 4.78 is 6.12. The number of esters is 1. The lowest BCUT2D eigenvalue weighted by Crippen LogP contribution is -2.30. The van der Waals surface area contributed by atoms with Crippen LogP contribution in [0.4, 0.5) is 5.00 Å². The molecule has 0 saturated heterocycles. The Kier molecular flexibility index (Phi) is 7.98. The van der Waals surface area contributed by atoms with Gasteiger partial charge in [0, 0.05) is 23.1 Å². The second kappa shape index (κ2) is 10.0. The third-order valence-corrected chi connectivity index (χ3v) is 5.94. The highest BCUT2D eigenvalue weighted by molar-refractivity contribution is 9.10. The summed E-state index contributed by atoms with van der Waals surface area (Å²) in [5, 5.41) is 3.10.